The molecule has 18 heavy (non-hydrogen) atoms. The van der Waals surface area contributed by atoms with Crippen molar-refractivity contribution in [1.82, 2.24) is 0 Å². The van der Waals surface area contributed by atoms with Crippen molar-refractivity contribution in [1.29, 1.82) is 0 Å². The Bertz CT molecular complexity index is 487. The number of nitrogens with zero attached hydrogens (tertiary/aromatic N) is 1. The molecule has 0 bridgehead atoms. The first-order valence-corrected chi connectivity index (χ1v) is 5.63. The second-order valence-corrected chi connectivity index (χ2v) is 3.89. The molecule has 0 radical (unpaired) electrons. The van der Waals surface area contributed by atoms with E-state index >= 15 is 0 Å². The lowest BCUT2D eigenvalue weighted by Crippen LogP contribution is -2.08. The van der Waals surface area contributed by atoms with Gasteiger partial charge >= 0.3 is 5.69 Å². The zero-order chi connectivity index (χ0) is 13.5. The van der Waals surface area contributed by atoms with E-state index < -0.39 is 4.92 Å². The van der Waals surface area contributed by atoms with Gasteiger partial charge in [0.15, 0.2) is 5.75 Å². The first-order chi connectivity index (χ1) is 8.54. The average Bonchev–Trinajstić information content (AvgIpc) is 2.28. The van der Waals surface area contributed by atoms with Gasteiger partial charge in [-0.1, -0.05) is 5.92 Å². The molecule has 0 fully saturated rings. The van der Waals surface area contributed by atoms with Gasteiger partial charge in [-0.25, -0.2) is 0 Å². The molecule has 1 N–H and O–H groups in total. The van der Waals surface area contributed by atoms with Gasteiger partial charge in [0.2, 0.25) is 0 Å². The maximum absolute atomic E-state index is 10.9. The van der Waals surface area contributed by atoms with Crippen molar-refractivity contribution < 1.29 is 9.66 Å². The molecule has 0 aliphatic rings. The van der Waals surface area contributed by atoms with E-state index in [9.17, 15) is 10.1 Å². The topological polar surface area (TPSA) is 64.4 Å². The standard InChI is InChI=1S/C13H16N2O3/c1-4-5-8-14-11-6-7-12(15(16)17)13(9-11)18-10(2)3/h6-7,9-10,14H,8H2,1-3H3. The van der Waals surface area contributed by atoms with Crippen LogP contribution in [-0.4, -0.2) is 17.6 Å². The van der Waals surface area contributed by atoms with E-state index in [2.05, 4.69) is 17.2 Å². The van der Waals surface area contributed by atoms with E-state index in [1.807, 2.05) is 13.8 Å². The fourth-order valence-corrected chi connectivity index (χ4v) is 1.36. The third kappa shape index (κ3) is 3.98. The van der Waals surface area contributed by atoms with Crippen molar-refractivity contribution in [3.05, 3.63) is 28.3 Å². The van der Waals surface area contributed by atoms with Crippen LogP contribution in [0.5, 0.6) is 5.75 Å². The summed E-state index contributed by atoms with van der Waals surface area (Å²) in [5.41, 5.74) is 0.717. The Balaban J connectivity index is 2.95. The Morgan fingerprint density at radius 1 is 1.50 bits per heavy atom. The molecule has 1 aromatic rings. The number of ether oxygens (including phenoxy) is 1. The van der Waals surface area contributed by atoms with Crippen molar-refractivity contribution in [2.45, 2.75) is 26.9 Å². The highest BCUT2D eigenvalue weighted by atomic mass is 16.6. The molecule has 0 saturated carbocycles. The quantitative estimate of drug-likeness (QED) is 0.494. The van der Waals surface area contributed by atoms with Crippen molar-refractivity contribution in [3.8, 4) is 17.6 Å². The molecule has 0 heterocycles. The van der Waals surface area contributed by atoms with E-state index in [1.54, 1.807) is 19.1 Å². The number of nitro groups is 1. The minimum Gasteiger partial charge on any atom is -0.484 e. The number of anilines is 1. The SMILES string of the molecule is CC#CCNc1ccc([N+](=O)[O-])c(OC(C)C)c1. The maximum Gasteiger partial charge on any atom is 0.311 e. The number of nitrogens with one attached hydrogen (secondary N) is 1. The highest BCUT2D eigenvalue weighted by Gasteiger charge is 2.16. The maximum atomic E-state index is 10.9. The first kappa shape index (κ1) is 13.8. The van der Waals surface area contributed by atoms with Crippen LogP contribution < -0.4 is 10.1 Å². The van der Waals surface area contributed by atoms with Crippen LogP contribution in [0, 0.1) is 22.0 Å². The molecule has 0 saturated heterocycles. The molecule has 0 unspecified atom stereocenters. The summed E-state index contributed by atoms with van der Waals surface area (Å²) in [6.07, 6.45) is -0.116. The summed E-state index contributed by atoms with van der Waals surface area (Å²) in [7, 11) is 0. The van der Waals surface area contributed by atoms with Gasteiger partial charge in [-0.15, -0.1) is 5.92 Å². The monoisotopic (exact) mass is 248 g/mol. The van der Waals surface area contributed by atoms with Gasteiger partial charge < -0.3 is 10.1 Å². The Morgan fingerprint density at radius 3 is 2.78 bits per heavy atom. The predicted molar refractivity (Wildman–Crippen MR) is 70.8 cm³/mol. The highest BCUT2D eigenvalue weighted by Crippen LogP contribution is 2.30. The van der Waals surface area contributed by atoms with Crippen molar-refractivity contribution >= 4 is 11.4 Å². The van der Waals surface area contributed by atoms with E-state index in [-0.39, 0.29) is 17.5 Å². The molecule has 0 spiro atoms. The van der Waals surface area contributed by atoms with Crippen molar-refractivity contribution in [2.75, 3.05) is 11.9 Å². The fourth-order valence-electron chi connectivity index (χ4n) is 1.36. The molecule has 1 aromatic carbocycles. The molecule has 0 amide bonds. The van der Waals surface area contributed by atoms with Crippen LogP contribution in [0.3, 0.4) is 0 Å². The Kier molecular flexibility index (Phi) is 5.00. The minimum absolute atomic E-state index is 0.0316. The van der Waals surface area contributed by atoms with E-state index in [0.717, 1.165) is 5.69 Å². The van der Waals surface area contributed by atoms with Crippen LogP contribution in [0.15, 0.2) is 18.2 Å². The third-order valence-electron chi connectivity index (χ3n) is 2.08. The van der Waals surface area contributed by atoms with E-state index in [1.165, 1.54) is 6.07 Å². The average molecular weight is 248 g/mol. The second kappa shape index (κ2) is 6.50. The van der Waals surface area contributed by atoms with Gasteiger partial charge in [-0.3, -0.25) is 10.1 Å². The summed E-state index contributed by atoms with van der Waals surface area (Å²) >= 11 is 0. The molecule has 5 heteroatoms. The summed E-state index contributed by atoms with van der Waals surface area (Å²) in [6.45, 7) is 5.90. The van der Waals surface area contributed by atoms with Gasteiger partial charge in [-0.05, 0) is 26.8 Å². The summed E-state index contributed by atoms with van der Waals surface area (Å²) in [5.74, 6) is 5.89. The lowest BCUT2D eigenvalue weighted by molar-refractivity contribution is -0.386. The molecular weight excluding hydrogens is 232 g/mol. The molecule has 0 atom stereocenters. The third-order valence-corrected chi connectivity index (χ3v) is 2.08. The number of hydrogen-bond donors (Lipinski definition) is 1. The zero-order valence-electron chi connectivity index (χ0n) is 10.7. The smallest absolute Gasteiger partial charge is 0.311 e. The Labute approximate surface area is 106 Å². The summed E-state index contributed by atoms with van der Waals surface area (Å²) in [6, 6.07) is 4.69. The molecule has 0 aromatic heterocycles. The van der Waals surface area contributed by atoms with Crippen LogP contribution in [0.2, 0.25) is 0 Å². The number of rotatable bonds is 5. The van der Waals surface area contributed by atoms with Gasteiger partial charge in [-0.2, -0.15) is 0 Å². The van der Waals surface area contributed by atoms with Crippen LogP contribution in [0.4, 0.5) is 11.4 Å². The van der Waals surface area contributed by atoms with E-state index in [0.29, 0.717) is 6.54 Å². The van der Waals surface area contributed by atoms with Crippen LogP contribution in [-0.2, 0) is 0 Å². The van der Waals surface area contributed by atoms with Crippen molar-refractivity contribution in [3.63, 3.8) is 0 Å². The predicted octanol–water partition coefficient (Wildman–Crippen LogP) is 2.82. The Hall–Kier alpha value is -2.22. The second-order valence-electron chi connectivity index (χ2n) is 3.89. The zero-order valence-corrected chi connectivity index (χ0v) is 10.7. The van der Waals surface area contributed by atoms with Gasteiger partial charge in [0.25, 0.3) is 0 Å². The molecule has 96 valence electrons. The summed E-state index contributed by atoms with van der Waals surface area (Å²) in [4.78, 5) is 10.4. The first-order valence-electron chi connectivity index (χ1n) is 5.63. The van der Waals surface area contributed by atoms with Gasteiger partial charge in [0, 0.05) is 17.8 Å². The number of hydrogen-bond acceptors (Lipinski definition) is 4. The molecule has 5 nitrogen and oxygen atoms in total. The largest absolute Gasteiger partial charge is 0.484 e. The number of benzene rings is 1. The van der Waals surface area contributed by atoms with Crippen LogP contribution >= 0.6 is 0 Å². The molecule has 0 aliphatic heterocycles. The summed E-state index contributed by atoms with van der Waals surface area (Å²) < 4.78 is 5.44. The summed E-state index contributed by atoms with van der Waals surface area (Å²) in [5, 5.41) is 13.9. The highest BCUT2D eigenvalue weighted by molar-refractivity contribution is 5.58. The van der Waals surface area contributed by atoms with Gasteiger partial charge in [0.1, 0.15) is 0 Å². The minimum atomic E-state index is -0.451. The fraction of sp³-hybridized carbons (Fsp3) is 0.385. The van der Waals surface area contributed by atoms with Crippen LogP contribution in [0.25, 0.3) is 0 Å². The number of nitro benzene ring substituents is 1. The lowest BCUT2D eigenvalue weighted by Gasteiger charge is -2.11. The van der Waals surface area contributed by atoms with Crippen molar-refractivity contribution in [2.24, 2.45) is 0 Å². The van der Waals surface area contributed by atoms with Gasteiger partial charge in [0.05, 0.1) is 17.6 Å². The normalized spacial score (nSPS) is 9.56. The molecular formula is C13H16N2O3. The lowest BCUT2D eigenvalue weighted by atomic mass is 10.2. The Morgan fingerprint density at radius 2 is 2.22 bits per heavy atom. The van der Waals surface area contributed by atoms with E-state index in [4.69, 9.17) is 4.74 Å². The molecule has 1 rings (SSSR count). The molecule has 0 aliphatic carbocycles. The van der Waals surface area contributed by atoms with Crippen LogP contribution in [0.1, 0.15) is 20.8 Å².